The second-order valence-corrected chi connectivity index (χ2v) is 11.0. The minimum absolute atomic E-state index is 0.807. The lowest BCUT2D eigenvalue weighted by Crippen LogP contribution is -1.99. The van der Waals surface area contributed by atoms with E-state index in [1.54, 1.807) is 0 Å². The van der Waals surface area contributed by atoms with Crippen molar-refractivity contribution in [1.29, 1.82) is 0 Å². The van der Waals surface area contributed by atoms with Gasteiger partial charge in [0.05, 0.1) is 22.2 Å². The van der Waals surface area contributed by atoms with Crippen molar-refractivity contribution in [2.45, 2.75) is 0 Å². The summed E-state index contributed by atoms with van der Waals surface area (Å²) >= 11 is 0. The van der Waals surface area contributed by atoms with Crippen molar-refractivity contribution in [1.82, 2.24) is 24.2 Å². The van der Waals surface area contributed by atoms with Crippen LogP contribution in [0.5, 0.6) is 0 Å². The third-order valence-corrected chi connectivity index (χ3v) is 8.36. The first kappa shape index (κ1) is 24.5. The molecule has 9 rings (SSSR count). The number of pyridine rings is 1. The Labute approximate surface area is 253 Å². The second-order valence-electron chi connectivity index (χ2n) is 11.0. The molecule has 0 aliphatic rings. The Morgan fingerprint density at radius 1 is 0.477 bits per heavy atom. The maximum Gasteiger partial charge on any atom is 0.161 e. The van der Waals surface area contributed by atoms with Crippen LogP contribution in [0, 0.1) is 0 Å². The molecule has 5 heteroatoms. The summed E-state index contributed by atoms with van der Waals surface area (Å²) in [6.45, 7) is 0. The number of aromatic nitrogens is 5. The summed E-state index contributed by atoms with van der Waals surface area (Å²) in [5.41, 5.74) is 10.3. The predicted octanol–water partition coefficient (Wildman–Crippen LogP) is 9.35. The molecule has 0 saturated carbocycles. The van der Waals surface area contributed by atoms with Crippen molar-refractivity contribution in [3.8, 4) is 45.0 Å². The molecule has 0 radical (unpaired) electrons. The number of hydrogen-bond acceptors (Lipinski definition) is 3. The predicted molar refractivity (Wildman–Crippen MR) is 178 cm³/mol. The number of fused-ring (bicyclic) bond motifs is 5. The van der Waals surface area contributed by atoms with Crippen molar-refractivity contribution in [3.05, 3.63) is 152 Å². The third kappa shape index (κ3) is 3.91. The quantitative estimate of drug-likeness (QED) is 0.214. The smallest absolute Gasteiger partial charge is 0.161 e. The third-order valence-electron chi connectivity index (χ3n) is 8.36. The molecule has 0 spiro atoms. The summed E-state index contributed by atoms with van der Waals surface area (Å²) < 4.78 is 3.99. The zero-order chi connectivity index (χ0) is 29.0. The van der Waals surface area contributed by atoms with E-state index >= 15 is 0 Å². The zero-order valence-electron chi connectivity index (χ0n) is 23.7. The van der Waals surface area contributed by atoms with Gasteiger partial charge in [0.2, 0.25) is 0 Å². The van der Waals surface area contributed by atoms with E-state index < -0.39 is 0 Å². The van der Waals surface area contributed by atoms with Gasteiger partial charge in [0.25, 0.3) is 0 Å². The first-order valence-electron chi connectivity index (χ1n) is 14.7. The van der Waals surface area contributed by atoms with Crippen LogP contribution in [0.15, 0.2) is 152 Å². The van der Waals surface area contributed by atoms with Crippen molar-refractivity contribution in [3.63, 3.8) is 0 Å². The standard InChI is InChI=1S/C39H25N5/c1-3-11-26(12-4-1)34-24-35-32-17-9-10-18-33(32)40-39(44(35)41-34)29-21-19-27(20-22-29)37-36-23-30-15-7-8-16-31(30)25-43(36)42-38(37)28-13-5-2-6-14-28/h1-25H. The van der Waals surface area contributed by atoms with Gasteiger partial charge in [-0.2, -0.15) is 10.2 Å². The topological polar surface area (TPSA) is 47.5 Å². The normalized spacial score (nSPS) is 11.6. The van der Waals surface area contributed by atoms with Crippen LogP contribution < -0.4 is 0 Å². The Hall–Kier alpha value is -6.07. The van der Waals surface area contributed by atoms with Crippen LogP contribution in [0.3, 0.4) is 0 Å². The fourth-order valence-electron chi connectivity index (χ4n) is 6.21. The molecule has 5 aromatic carbocycles. The van der Waals surface area contributed by atoms with Gasteiger partial charge in [0.1, 0.15) is 5.69 Å². The molecule has 0 saturated heterocycles. The number of para-hydroxylation sites is 1. The van der Waals surface area contributed by atoms with Gasteiger partial charge in [-0.3, -0.25) is 0 Å². The first-order chi connectivity index (χ1) is 21.8. The van der Waals surface area contributed by atoms with E-state index in [2.05, 4.69) is 121 Å². The molecule has 44 heavy (non-hydrogen) atoms. The van der Waals surface area contributed by atoms with Gasteiger partial charge in [-0.15, -0.1) is 0 Å². The van der Waals surface area contributed by atoms with Crippen molar-refractivity contribution >= 4 is 32.7 Å². The summed E-state index contributed by atoms with van der Waals surface area (Å²) in [5.74, 6) is 0.807. The van der Waals surface area contributed by atoms with Crippen LogP contribution in [0.4, 0.5) is 0 Å². The Morgan fingerprint density at radius 3 is 1.93 bits per heavy atom. The Balaban J connectivity index is 1.24. The minimum atomic E-state index is 0.807. The summed E-state index contributed by atoms with van der Waals surface area (Å²) in [6.07, 6.45) is 2.12. The number of nitrogens with zero attached hydrogens (tertiary/aromatic N) is 5. The fraction of sp³-hybridized carbons (Fsp3) is 0. The number of rotatable bonds is 4. The van der Waals surface area contributed by atoms with Gasteiger partial charge in [-0.1, -0.05) is 127 Å². The monoisotopic (exact) mass is 563 g/mol. The van der Waals surface area contributed by atoms with E-state index in [1.165, 1.54) is 5.39 Å². The van der Waals surface area contributed by atoms with Gasteiger partial charge in [0, 0.05) is 39.2 Å². The highest BCUT2D eigenvalue weighted by atomic mass is 15.3. The van der Waals surface area contributed by atoms with E-state index in [-0.39, 0.29) is 0 Å². The molecule has 0 aliphatic heterocycles. The molecule has 4 aromatic heterocycles. The van der Waals surface area contributed by atoms with Crippen LogP contribution in [0.1, 0.15) is 0 Å². The number of benzene rings is 5. The average Bonchev–Trinajstić information content (AvgIpc) is 3.70. The molecular weight excluding hydrogens is 538 g/mol. The van der Waals surface area contributed by atoms with Crippen LogP contribution in [0.25, 0.3) is 77.7 Å². The lowest BCUT2D eigenvalue weighted by atomic mass is 9.98. The summed E-state index contributed by atoms with van der Waals surface area (Å²) in [7, 11) is 0. The van der Waals surface area contributed by atoms with Crippen LogP contribution in [0.2, 0.25) is 0 Å². The highest BCUT2D eigenvalue weighted by Gasteiger charge is 2.19. The van der Waals surface area contributed by atoms with E-state index in [9.17, 15) is 0 Å². The number of hydrogen-bond donors (Lipinski definition) is 0. The molecule has 0 bridgehead atoms. The van der Waals surface area contributed by atoms with Crippen molar-refractivity contribution in [2.75, 3.05) is 0 Å². The van der Waals surface area contributed by atoms with E-state index in [0.717, 1.165) is 72.4 Å². The molecule has 206 valence electrons. The van der Waals surface area contributed by atoms with E-state index in [4.69, 9.17) is 15.2 Å². The minimum Gasteiger partial charge on any atom is -0.239 e. The molecule has 9 aromatic rings. The largest absolute Gasteiger partial charge is 0.239 e. The summed E-state index contributed by atoms with van der Waals surface area (Å²) in [4.78, 5) is 5.11. The molecule has 4 heterocycles. The van der Waals surface area contributed by atoms with Gasteiger partial charge in [-0.25, -0.2) is 14.0 Å². The average molecular weight is 564 g/mol. The molecule has 0 amide bonds. The van der Waals surface area contributed by atoms with Gasteiger partial charge < -0.3 is 0 Å². The molecule has 0 N–H and O–H groups in total. The maximum atomic E-state index is 5.11. The molecule has 0 fully saturated rings. The summed E-state index contributed by atoms with van der Waals surface area (Å²) in [6, 6.07) is 50.5. The Bertz CT molecular complexity index is 2470. The fourth-order valence-corrected chi connectivity index (χ4v) is 6.21. The Kier molecular flexibility index (Phi) is 5.43. The molecule has 5 nitrogen and oxygen atoms in total. The Morgan fingerprint density at radius 2 is 1.14 bits per heavy atom. The van der Waals surface area contributed by atoms with Crippen molar-refractivity contribution in [2.24, 2.45) is 0 Å². The van der Waals surface area contributed by atoms with Gasteiger partial charge in [-0.05, 0) is 29.1 Å². The van der Waals surface area contributed by atoms with Crippen molar-refractivity contribution < 1.29 is 0 Å². The van der Waals surface area contributed by atoms with E-state index in [0.29, 0.717) is 0 Å². The SMILES string of the molecule is c1ccc(-c2cc3c4ccccc4nc(-c4ccc(-c5c(-c6ccccc6)nn6cc7ccccc7cc56)cc4)n3n2)cc1. The van der Waals surface area contributed by atoms with E-state index in [1.807, 2.05) is 39.4 Å². The highest BCUT2D eigenvalue weighted by molar-refractivity contribution is 5.98. The summed E-state index contributed by atoms with van der Waals surface area (Å²) in [5, 5.41) is 13.6. The molecule has 0 atom stereocenters. The zero-order valence-corrected chi connectivity index (χ0v) is 23.7. The molecule has 0 unspecified atom stereocenters. The molecule has 0 aliphatic carbocycles. The van der Waals surface area contributed by atoms with Crippen LogP contribution >= 0.6 is 0 Å². The van der Waals surface area contributed by atoms with Gasteiger partial charge >= 0.3 is 0 Å². The first-order valence-corrected chi connectivity index (χ1v) is 14.7. The second kappa shape index (κ2) is 9.75. The lowest BCUT2D eigenvalue weighted by Gasteiger charge is -2.09. The molecular formula is C39H25N5. The lowest BCUT2D eigenvalue weighted by molar-refractivity contribution is 0.949. The van der Waals surface area contributed by atoms with Gasteiger partial charge in [0.15, 0.2) is 5.82 Å². The maximum absolute atomic E-state index is 5.11. The highest BCUT2D eigenvalue weighted by Crippen LogP contribution is 2.37. The van der Waals surface area contributed by atoms with Crippen LogP contribution in [-0.2, 0) is 0 Å². The van der Waals surface area contributed by atoms with Crippen LogP contribution in [-0.4, -0.2) is 24.2 Å².